The molecule has 0 saturated heterocycles. The molecule has 2 aromatic rings. The van der Waals surface area contributed by atoms with Crippen LogP contribution in [0, 0.1) is 0 Å². The smallest absolute Gasteiger partial charge is 0.287 e. The van der Waals surface area contributed by atoms with Crippen molar-refractivity contribution in [1.29, 1.82) is 0 Å². The van der Waals surface area contributed by atoms with E-state index < -0.39 is 0 Å². The minimum absolute atomic E-state index is 0.159. The summed E-state index contributed by atoms with van der Waals surface area (Å²) in [5.41, 5.74) is 6.27. The van der Waals surface area contributed by atoms with Crippen LogP contribution in [0.1, 0.15) is 16.1 Å². The predicted molar refractivity (Wildman–Crippen MR) is 57.9 cm³/mol. The standard InChI is InChI=1S/C9H9ClN4O2/c10-7-2-1-6(16-7)9(15)12-3-5-4-13-14-8(5)11/h1-2,4H,3H2,(H,12,15)(H3,11,13,14). The number of nitrogens with one attached hydrogen (secondary N) is 2. The van der Waals surface area contributed by atoms with Crippen molar-refractivity contribution in [3.05, 3.63) is 34.9 Å². The lowest BCUT2D eigenvalue weighted by Gasteiger charge is -2.01. The lowest BCUT2D eigenvalue weighted by atomic mass is 10.3. The summed E-state index contributed by atoms with van der Waals surface area (Å²) >= 11 is 5.55. The van der Waals surface area contributed by atoms with Crippen molar-refractivity contribution in [1.82, 2.24) is 15.5 Å². The van der Waals surface area contributed by atoms with Crippen LogP contribution < -0.4 is 11.1 Å². The summed E-state index contributed by atoms with van der Waals surface area (Å²) in [6.45, 7) is 0.277. The lowest BCUT2D eigenvalue weighted by molar-refractivity contribution is 0.0923. The van der Waals surface area contributed by atoms with Crippen molar-refractivity contribution in [2.24, 2.45) is 0 Å². The van der Waals surface area contributed by atoms with E-state index in [0.717, 1.165) is 0 Å². The average molecular weight is 241 g/mol. The number of hydrogen-bond donors (Lipinski definition) is 3. The number of hydrogen-bond acceptors (Lipinski definition) is 4. The lowest BCUT2D eigenvalue weighted by Crippen LogP contribution is -2.22. The summed E-state index contributed by atoms with van der Waals surface area (Å²) < 4.78 is 4.94. The number of rotatable bonds is 3. The zero-order chi connectivity index (χ0) is 11.5. The van der Waals surface area contributed by atoms with E-state index in [1.807, 2.05) is 0 Å². The van der Waals surface area contributed by atoms with Gasteiger partial charge in [-0.25, -0.2) is 0 Å². The summed E-state index contributed by atoms with van der Waals surface area (Å²) in [6, 6.07) is 3.00. The molecule has 16 heavy (non-hydrogen) atoms. The topological polar surface area (TPSA) is 96.9 Å². The molecule has 1 amide bonds. The number of nitrogens with two attached hydrogens (primary N) is 1. The predicted octanol–water partition coefficient (Wildman–Crippen LogP) is 1.17. The second-order valence-electron chi connectivity index (χ2n) is 3.10. The summed E-state index contributed by atoms with van der Waals surface area (Å²) in [5.74, 6) is 0.234. The largest absolute Gasteiger partial charge is 0.440 e. The van der Waals surface area contributed by atoms with Crippen LogP contribution in [0.4, 0.5) is 5.82 Å². The normalized spacial score (nSPS) is 10.3. The van der Waals surface area contributed by atoms with E-state index in [1.165, 1.54) is 12.1 Å². The van der Waals surface area contributed by atoms with E-state index in [1.54, 1.807) is 6.20 Å². The van der Waals surface area contributed by atoms with Gasteiger partial charge < -0.3 is 15.5 Å². The van der Waals surface area contributed by atoms with Crippen LogP contribution >= 0.6 is 11.6 Å². The number of aromatic nitrogens is 2. The Bertz CT molecular complexity index is 505. The highest BCUT2D eigenvalue weighted by molar-refractivity contribution is 6.29. The number of H-pyrrole nitrogens is 1. The quantitative estimate of drug-likeness (QED) is 0.750. The number of halogens is 1. The van der Waals surface area contributed by atoms with Crippen LogP contribution in [-0.2, 0) is 6.54 Å². The molecule has 0 unspecified atom stereocenters. The Kier molecular flexibility index (Phi) is 2.82. The van der Waals surface area contributed by atoms with Gasteiger partial charge in [0.25, 0.3) is 5.91 Å². The monoisotopic (exact) mass is 240 g/mol. The molecule has 0 saturated carbocycles. The molecule has 2 heterocycles. The fourth-order valence-corrected chi connectivity index (χ4v) is 1.31. The van der Waals surface area contributed by atoms with Crippen molar-refractivity contribution in [3.63, 3.8) is 0 Å². The van der Waals surface area contributed by atoms with Gasteiger partial charge in [0, 0.05) is 12.1 Å². The number of amides is 1. The first-order valence-corrected chi connectivity index (χ1v) is 4.86. The van der Waals surface area contributed by atoms with Crippen LogP contribution in [0.5, 0.6) is 0 Å². The summed E-state index contributed by atoms with van der Waals surface area (Å²) in [4.78, 5) is 11.5. The Morgan fingerprint density at radius 3 is 3.00 bits per heavy atom. The summed E-state index contributed by atoms with van der Waals surface area (Å²) in [7, 11) is 0. The maximum Gasteiger partial charge on any atom is 0.287 e. The highest BCUT2D eigenvalue weighted by atomic mass is 35.5. The van der Waals surface area contributed by atoms with Crippen molar-refractivity contribution in [2.75, 3.05) is 5.73 Å². The first-order valence-electron chi connectivity index (χ1n) is 4.48. The molecule has 4 N–H and O–H groups in total. The molecule has 0 aliphatic heterocycles. The fraction of sp³-hybridized carbons (Fsp3) is 0.111. The third-order valence-electron chi connectivity index (χ3n) is 1.99. The van der Waals surface area contributed by atoms with Gasteiger partial charge in [0.2, 0.25) is 0 Å². The van der Waals surface area contributed by atoms with Gasteiger partial charge in [0.15, 0.2) is 11.0 Å². The number of nitrogen functional groups attached to an aromatic ring is 1. The number of carbonyl (C=O) groups is 1. The van der Waals surface area contributed by atoms with Crippen molar-refractivity contribution < 1.29 is 9.21 Å². The number of furan rings is 1. The summed E-state index contributed by atoms with van der Waals surface area (Å²) in [6.07, 6.45) is 1.55. The molecule has 0 fully saturated rings. The molecule has 0 spiro atoms. The number of aromatic amines is 1. The number of anilines is 1. The third kappa shape index (κ3) is 2.17. The second kappa shape index (κ2) is 4.28. The fourth-order valence-electron chi connectivity index (χ4n) is 1.16. The SMILES string of the molecule is Nc1[nH]ncc1CNC(=O)c1ccc(Cl)o1. The second-order valence-corrected chi connectivity index (χ2v) is 3.47. The van der Waals surface area contributed by atoms with Crippen LogP contribution in [0.25, 0.3) is 0 Å². The highest BCUT2D eigenvalue weighted by Crippen LogP contribution is 2.13. The van der Waals surface area contributed by atoms with E-state index >= 15 is 0 Å². The number of carbonyl (C=O) groups excluding carboxylic acids is 1. The Labute approximate surface area is 95.8 Å². The van der Waals surface area contributed by atoms with E-state index in [4.69, 9.17) is 21.8 Å². The maximum atomic E-state index is 11.5. The van der Waals surface area contributed by atoms with E-state index in [0.29, 0.717) is 11.4 Å². The van der Waals surface area contributed by atoms with Crippen LogP contribution in [-0.4, -0.2) is 16.1 Å². The van der Waals surface area contributed by atoms with Gasteiger partial charge in [-0.05, 0) is 23.7 Å². The van der Waals surface area contributed by atoms with Gasteiger partial charge in [-0.1, -0.05) is 0 Å². The molecule has 6 nitrogen and oxygen atoms in total. The third-order valence-corrected chi connectivity index (χ3v) is 2.19. The van der Waals surface area contributed by atoms with Crippen LogP contribution in [0.15, 0.2) is 22.7 Å². The maximum absolute atomic E-state index is 11.5. The molecule has 7 heteroatoms. The minimum Gasteiger partial charge on any atom is -0.440 e. The molecular weight excluding hydrogens is 232 g/mol. The van der Waals surface area contributed by atoms with Gasteiger partial charge in [-0.15, -0.1) is 0 Å². The Morgan fingerprint density at radius 1 is 1.62 bits per heavy atom. The molecule has 2 aromatic heterocycles. The molecule has 0 aliphatic rings. The highest BCUT2D eigenvalue weighted by Gasteiger charge is 2.11. The molecule has 0 aliphatic carbocycles. The van der Waals surface area contributed by atoms with Gasteiger partial charge in [-0.3, -0.25) is 9.89 Å². The van der Waals surface area contributed by atoms with Gasteiger partial charge in [-0.2, -0.15) is 5.10 Å². The Balaban J connectivity index is 1.96. The molecule has 0 atom stereocenters. The van der Waals surface area contributed by atoms with Gasteiger partial charge in [0.1, 0.15) is 5.82 Å². The minimum atomic E-state index is -0.354. The molecule has 2 rings (SSSR count). The van der Waals surface area contributed by atoms with Gasteiger partial charge in [0.05, 0.1) is 6.20 Å². The van der Waals surface area contributed by atoms with Gasteiger partial charge >= 0.3 is 0 Å². The Hall–Kier alpha value is -1.95. The van der Waals surface area contributed by atoms with Crippen LogP contribution in [0.2, 0.25) is 5.22 Å². The molecular formula is C9H9ClN4O2. The van der Waals surface area contributed by atoms with E-state index in [2.05, 4.69) is 15.5 Å². The van der Waals surface area contributed by atoms with E-state index in [9.17, 15) is 4.79 Å². The first-order chi connectivity index (χ1) is 7.66. The van der Waals surface area contributed by atoms with Crippen molar-refractivity contribution in [2.45, 2.75) is 6.54 Å². The molecule has 0 radical (unpaired) electrons. The van der Waals surface area contributed by atoms with Crippen molar-refractivity contribution >= 4 is 23.3 Å². The van der Waals surface area contributed by atoms with Crippen molar-refractivity contribution in [3.8, 4) is 0 Å². The zero-order valence-electron chi connectivity index (χ0n) is 8.16. The molecule has 0 aromatic carbocycles. The summed E-state index contributed by atoms with van der Waals surface area (Å²) in [5, 5.41) is 9.10. The first kappa shape index (κ1) is 10.6. The average Bonchev–Trinajstić information content (AvgIpc) is 2.84. The van der Waals surface area contributed by atoms with Crippen LogP contribution in [0.3, 0.4) is 0 Å². The Morgan fingerprint density at radius 2 is 2.44 bits per heavy atom. The molecule has 0 bridgehead atoms. The number of nitrogens with zero attached hydrogens (tertiary/aromatic N) is 1. The molecule has 84 valence electrons. The zero-order valence-corrected chi connectivity index (χ0v) is 8.91. The van der Waals surface area contributed by atoms with E-state index in [-0.39, 0.29) is 23.4 Å².